The molecule has 1 N–H and O–H groups in total. The molecule has 1 atom stereocenters. The molecule has 0 aliphatic carbocycles. The predicted molar refractivity (Wildman–Crippen MR) is 65.1 cm³/mol. The van der Waals surface area contributed by atoms with Crippen LogP contribution < -0.4 is 5.32 Å². The summed E-state index contributed by atoms with van der Waals surface area (Å²) in [6.45, 7) is 9.11. The van der Waals surface area contributed by atoms with Crippen molar-refractivity contribution in [3.63, 3.8) is 0 Å². The molecule has 0 saturated heterocycles. The fraction of sp³-hybridized carbons (Fsp3) is 0.636. The van der Waals surface area contributed by atoms with Crippen molar-refractivity contribution >= 4 is 11.5 Å². The highest BCUT2D eigenvalue weighted by atomic mass is 32.1. The second-order valence-electron chi connectivity index (χ2n) is 3.47. The lowest BCUT2D eigenvalue weighted by atomic mass is 10.1. The molecule has 0 bridgehead atoms. The van der Waals surface area contributed by atoms with Gasteiger partial charge in [-0.3, -0.25) is 0 Å². The maximum atomic E-state index is 4.14. The van der Waals surface area contributed by atoms with E-state index in [0.29, 0.717) is 6.04 Å². The van der Waals surface area contributed by atoms with E-state index in [1.54, 1.807) is 0 Å². The van der Waals surface area contributed by atoms with Gasteiger partial charge in [0.25, 0.3) is 0 Å². The summed E-state index contributed by atoms with van der Waals surface area (Å²) in [5.74, 6) is 0. The zero-order chi connectivity index (χ0) is 11.1. The number of nitrogens with one attached hydrogen (secondary N) is 1. The van der Waals surface area contributed by atoms with Gasteiger partial charge in [-0.2, -0.15) is 0 Å². The standard InChI is InChI=1S/C11H19N3S/c1-4-7-10(12-8-5-2)11-9(6-3)13-14-15-11/h4,10,12H,1,5-8H2,2-3H3. The van der Waals surface area contributed by atoms with Gasteiger partial charge in [0.1, 0.15) is 0 Å². The summed E-state index contributed by atoms with van der Waals surface area (Å²) < 4.78 is 4.02. The van der Waals surface area contributed by atoms with Crippen LogP contribution in [0.5, 0.6) is 0 Å². The lowest BCUT2D eigenvalue weighted by Gasteiger charge is -2.15. The van der Waals surface area contributed by atoms with E-state index in [-0.39, 0.29) is 0 Å². The lowest BCUT2D eigenvalue weighted by Crippen LogP contribution is -2.21. The minimum absolute atomic E-state index is 0.345. The van der Waals surface area contributed by atoms with E-state index in [4.69, 9.17) is 0 Å². The summed E-state index contributed by atoms with van der Waals surface area (Å²) in [4.78, 5) is 1.27. The molecule has 0 aliphatic rings. The molecule has 1 rings (SSSR count). The van der Waals surface area contributed by atoms with Crippen molar-refractivity contribution in [3.8, 4) is 0 Å². The van der Waals surface area contributed by atoms with Crippen LogP contribution in [-0.2, 0) is 6.42 Å². The van der Waals surface area contributed by atoms with E-state index in [9.17, 15) is 0 Å². The Bertz CT molecular complexity index is 296. The Kier molecular flexibility index (Phi) is 5.50. The van der Waals surface area contributed by atoms with Crippen LogP contribution in [-0.4, -0.2) is 16.1 Å². The van der Waals surface area contributed by atoms with Crippen LogP contribution in [0.15, 0.2) is 12.7 Å². The minimum Gasteiger partial charge on any atom is -0.309 e. The maximum Gasteiger partial charge on any atom is 0.0801 e. The highest BCUT2D eigenvalue weighted by molar-refractivity contribution is 7.05. The zero-order valence-electron chi connectivity index (χ0n) is 9.49. The molecule has 1 aromatic rings. The van der Waals surface area contributed by atoms with Gasteiger partial charge in [-0.05, 0) is 37.3 Å². The molecule has 0 aromatic carbocycles. The molecule has 0 saturated carbocycles. The Balaban J connectivity index is 2.73. The molecule has 0 aliphatic heterocycles. The van der Waals surface area contributed by atoms with Crippen LogP contribution in [0.1, 0.15) is 43.3 Å². The molecule has 0 spiro atoms. The Labute approximate surface area is 95.8 Å². The number of aromatic nitrogens is 2. The Hall–Kier alpha value is -0.740. The highest BCUT2D eigenvalue weighted by Gasteiger charge is 2.16. The van der Waals surface area contributed by atoms with Crippen molar-refractivity contribution in [1.29, 1.82) is 0 Å². The number of hydrogen-bond acceptors (Lipinski definition) is 4. The fourth-order valence-corrected chi connectivity index (χ4v) is 2.32. The number of rotatable bonds is 7. The Morgan fingerprint density at radius 1 is 1.53 bits per heavy atom. The first kappa shape index (κ1) is 12.3. The first-order valence-electron chi connectivity index (χ1n) is 5.48. The van der Waals surface area contributed by atoms with E-state index in [2.05, 4.69) is 35.3 Å². The van der Waals surface area contributed by atoms with E-state index in [1.165, 1.54) is 16.4 Å². The molecule has 15 heavy (non-hydrogen) atoms. The van der Waals surface area contributed by atoms with Crippen molar-refractivity contribution < 1.29 is 0 Å². The molecule has 0 radical (unpaired) electrons. The van der Waals surface area contributed by atoms with Gasteiger partial charge in [0.05, 0.1) is 10.6 Å². The van der Waals surface area contributed by atoms with Crippen molar-refractivity contribution in [2.45, 2.75) is 39.2 Å². The van der Waals surface area contributed by atoms with Gasteiger partial charge in [-0.15, -0.1) is 11.7 Å². The van der Waals surface area contributed by atoms with Gasteiger partial charge >= 0.3 is 0 Å². The fourth-order valence-electron chi connectivity index (χ4n) is 1.49. The topological polar surface area (TPSA) is 37.8 Å². The molecular weight excluding hydrogens is 206 g/mol. The minimum atomic E-state index is 0.345. The molecule has 1 aromatic heterocycles. The second kappa shape index (κ2) is 6.69. The van der Waals surface area contributed by atoms with Gasteiger partial charge < -0.3 is 5.32 Å². The maximum absolute atomic E-state index is 4.14. The molecule has 1 heterocycles. The molecule has 84 valence electrons. The van der Waals surface area contributed by atoms with Crippen LogP contribution in [0.4, 0.5) is 0 Å². The van der Waals surface area contributed by atoms with Crippen molar-refractivity contribution in [2.24, 2.45) is 0 Å². The van der Waals surface area contributed by atoms with Crippen molar-refractivity contribution in [2.75, 3.05) is 6.54 Å². The monoisotopic (exact) mass is 225 g/mol. The lowest BCUT2D eigenvalue weighted by molar-refractivity contribution is 0.540. The summed E-state index contributed by atoms with van der Waals surface area (Å²) in [5, 5.41) is 7.65. The van der Waals surface area contributed by atoms with Gasteiger partial charge in [0.15, 0.2) is 0 Å². The number of hydrogen-bond donors (Lipinski definition) is 1. The third kappa shape index (κ3) is 3.39. The first-order chi connectivity index (χ1) is 7.33. The largest absolute Gasteiger partial charge is 0.309 e. The summed E-state index contributed by atoms with van der Waals surface area (Å²) in [6.07, 6.45) is 4.98. The summed E-state index contributed by atoms with van der Waals surface area (Å²) in [5.41, 5.74) is 1.12. The second-order valence-corrected chi connectivity index (χ2v) is 4.25. The van der Waals surface area contributed by atoms with Crippen molar-refractivity contribution in [1.82, 2.24) is 14.9 Å². The van der Waals surface area contributed by atoms with E-state index >= 15 is 0 Å². The normalized spacial score (nSPS) is 12.7. The predicted octanol–water partition coefficient (Wildman–Crippen LogP) is 2.72. The van der Waals surface area contributed by atoms with Crippen LogP contribution in [0, 0.1) is 0 Å². The van der Waals surface area contributed by atoms with E-state index in [0.717, 1.165) is 31.5 Å². The molecule has 3 nitrogen and oxygen atoms in total. The first-order valence-corrected chi connectivity index (χ1v) is 6.26. The van der Waals surface area contributed by atoms with Gasteiger partial charge in [0, 0.05) is 6.04 Å². The highest BCUT2D eigenvalue weighted by Crippen LogP contribution is 2.23. The SMILES string of the molecule is C=CCC(NCCC)c1snnc1CC. The van der Waals surface area contributed by atoms with Crippen LogP contribution in [0.3, 0.4) is 0 Å². The number of nitrogens with zero attached hydrogens (tertiary/aromatic N) is 2. The molecule has 0 amide bonds. The van der Waals surface area contributed by atoms with Gasteiger partial charge in [0.2, 0.25) is 0 Å². The number of aryl methyl sites for hydroxylation is 1. The summed E-state index contributed by atoms with van der Waals surface area (Å²) >= 11 is 1.50. The molecule has 4 heteroatoms. The summed E-state index contributed by atoms with van der Waals surface area (Å²) in [6, 6.07) is 0.345. The Morgan fingerprint density at radius 3 is 2.93 bits per heavy atom. The quantitative estimate of drug-likeness (QED) is 0.725. The zero-order valence-corrected chi connectivity index (χ0v) is 10.3. The van der Waals surface area contributed by atoms with Crippen LogP contribution in [0.2, 0.25) is 0 Å². The third-order valence-corrected chi connectivity index (χ3v) is 3.16. The summed E-state index contributed by atoms with van der Waals surface area (Å²) in [7, 11) is 0. The average Bonchev–Trinajstić information content (AvgIpc) is 2.72. The van der Waals surface area contributed by atoms with Gasteiger partial charge in [-0.1, -0.05) is 24.4 Å². The van der Waals surface area contributed by atoms with Crippen LogP contribution >= 0.6 is 11.5 Å². The van der Waals surface area contributed by atoms with Gasteiger partial charge in [-0.25, -0.2) is 0 Å². The Morgan fingerprint density at radius 2 is 2.33 bits per heavy atom. The molecular formula is C11H19N3S. The van der Waals surface area contributed by atoms with Crippen LogP contribution in [0.25, 0.3) is 0 Å². The van der Waals surface area contributed by atoms with Crippen molar-refractivity contribution in [3.05, 3.63) is 23.2 Å². The van der Waals surface area contributed by atoms with E-state index in [1.807, 2.05) is 6.08 Å². The molecule has 1 unspecified atom stereocenters. The molecule has 0 fully saturated rings. The third-order valence-electron chi connectivity index (χ3n) is 2.28. The average molecular weight is 225 g/mol. The smallest absolute Gasteiger partial charge is 0.0801 e. The van der Waals surface area contributed by atoms with E-state index < -0.39 is 0 Å².